The minimum atomic E-state index is -0.302. The summed E-state index contributed by atoms with van der Waals surface area (Å²) in [4.78, 5) is 13.7. The molecule has 1 N–H and O–H groups in total. The summed E-state index contributed by atoms with van der Waals surface area (Å²) in [7, 11) is 0. The second-order valence-electron chi connectivity index (χ2n) is 3.76. The molecular weight excluding hydrogens is 250 g/mol. The van der Waals surface area contributed by atoms with Crippen LogP contribution < -0.4 is 5.32 Å². The average molecular weight is 271 g/mol. The molecule has 1 aromatic rings. The van der Waals surface area contributed by atoms with Gasteiger partial charge in [-0.3, -0.25) is 0 Å². The van der Waals surface area contributed by atoms with Gasteiger partial charge in [0.25, 0.3) is 0 Å². The summed E-state index contributed by atoms with van der Waals surface area (Å²) in [5.41, 5.74) is 0. The Balaban J connectivity index is 2.00. The molecule has 0 unspecified atom stereocenters. The van der Waals surface area contributed by atoms with E-state index in [4.69, 9.17) is 9.47 Å². The molecule has 1 aromatic heterocycles. The van der Waals surface area contributed by atoms with Crippen LogP contribution in [0.15, 0.2) is 12.1 Å². The van der Waals surface area contributed by atoms with E-state index in [9.17, 15) is 4.79 Å². The van der Waals surface area contributed by atoms with E-state index in [0.717, 1.165) is 19.5 Å². The Morgan fingerprint density at radius 1 is 1.33 bits per heavy atom. The lowest BCUT2D eigenvalue weighted by molar-refractivity contribution is -0.148. The summed E-state index contributed by atoms with van der Waals surface area (Å²) < 4.78 is 9.93. The van der Waals surface area contributed by atoms with Crippen molar-refractivity contribution in [2.24, 2.45) is 0 Å². The van der Waals surface area contributed by atoms with Crippen LogP contribution in [0.5, 0.6) is 0 Å². The Kier molecular flexibility index (Phi) is 7.64. The Hall–Kier alpha value is -0.910. The highest BCUT2D eigenvalue weighted by Gasteiger charge is 2.01. The molecule has 5 heteroatoms. The van der Waals surface area contributed by atoms with E-state index in [1.54, 1.807) is 6.92 Å². The smallest absolute Gasteiger partial charge is 0.332 e. The van der Waals surface area contributed by atoms with Gasteiger partial charge in [0.2, 0.25) is 0 Å². The van der Waals surface area contributed by atoms with Crippen molar-refractivity contribution in [3.63, 3.8) is 0 Å². The molecule has 0 bridgehead atoms. The summed E-state index contributed by atoms with van der Waals surface area (Å²) in [5.74, 6) is -0.302. The van der Waals surface area contributed by atoms with Gasteiger partial charge in [-0.05, 0) is 25.5 Å². The van der Waals surface area contributed by atoms with Crippen LogP contribution in [0.4, 0.5) is 0 Å². The molecule has 0 aromatic carbocycles. The zero-order valence-electron chi connectivity index (χ0n) is 11.0. The molecule has 0 saturated heterocycles. The largest absolute Gasteiger partial charge is 0.464 e. The van der Waals surface area contributed by atoms with Gasteiger partial charge in [0.15, 0.2) is 0 Å². The molecule has 0 saturated carbocycles. The lowest BCUT2D eigenvalue weighted by Gasteiger charge is -2.05. The number of rotatable bonds is 9. The van der Waals surface area contributed by atoms with Crippen LogP contribution in [-0.4, -0.2) is 32.3 Å². The van der Waals surface area contributed by atoms with Gasteiger partial charge in [-0.15, -0.1) is 11.3 Å². The SMILES string of the molecule is CCOC(=O)COCCNCc1ccc(CC)s1. The highest BCUT2D eigenvalue weighted by Crippen LogP contribution is 2.16. The molecule has 1 rings (SSSR count). The number of hydrogen-bond donors (Lipinski definition) is 1. The summed E-state index contributed by atoms with van der Waals surface area (Å²) in [6.07, 6.45) is 1.09. The van der Waals surface area contributed by atoms with Crippen molar-refractivity contribution in [3.05, 3.63) is 21.9 Å². The van der Waals surface area contributed by atoms with Crippen molar-refractivity contribution in [3.8, 4) is 0 Å². The monoisotopic (exact) mass is 271 g/mol. The van der Waals surface area contributed by atoms with Gasteiger partial charge in [-0.1, -0.05) is 6.92 Å². The maximum Gasteiger partial charge on any atom is 0.332 e. The molecule has 0 radical (unpaired) electrons. The van der Waals surface area contributed by atoms with Gasteiger partial charge >= 0.3 is 5.97 Å². The third kappa shape index (κ3) is 6.14. The van der Waals surface area contributed by atoms with Crippen LogP contribution in [0.25, 0.3) is 0 Å². The second kappa shape index (κ2) is 9.08. The van der Waals surface area contributed by atoms with Gasteiger partial charge in [0.1, 0.15) is 6.61 Å². The number of carbonyl (C=O) groups is 1. The van der Waals surface area contributed by atoms with E-state index in [2.05, 4.69) is 24.4 Å². The van der Waals surface area contributed by atoms with E-state index in [0.29, 0.717) is 13.2 Å². The molecule has 0 aliphatic rings. The van der Waals surface area contributed by atoms with Crippen LogP contribution in [0, 0.1) is 0 Å². The predicted molar refractivity (Wildman–Crippen MR) is 72.9 cm³/mol. The number of aryl methyl sites for hydroxylation is 1. The average Bonchev–Trinajstić information content (AvgIpc) is 2.82. The number of carbonyl (C=O) groups excluding carboxylic acids is 1. The number of esters is 1. The van der Waals surface area contributed by atoms with Crippen LogP contribution in [0.1, 0.15) is 23.6 Å². The Morgan fingerprint density at radius 2 is 2.11 bits per heavy atom. The van der Waals surface area contributed by atoms with Crippen molar-refractivity contribution in [2.45, 2.75) is 26.8 Å². The van der Waals surface area contributed by atoms with Crippen LogP contribution in [0.2, 0.25) is 0 Å². The van der Waals surface area contributed by atoms with Crippen molar-refractivity contribution < 1.29 is 14.3 Å². The van der Waals surface area contributed by atoms with Gasteiger partial charge < -0.3 is 14.8 Å². The van der Waals surface area contributed by atoms with E-state index < -0.39 is 0 Å². The highest BCUT2D eigenvalue weighted by molar-refractivity contribution is 7.11. The zero-order valence-corrected chi connectivity index (χ0v) is 11.8. The standard InChI is InChI=1S/C13H21NO3S/c1-3-11-5-6-12(18-11)9-14-7-8-16-10-13(15)17-4-2/h5-6,14H,3-4,7-10H2,1-2H3. The van der Waals surface area contributed by atoms with Crippen molar-refractivity contribution in [1.29, 1.82) is 0 Å². The molecular formula is C13H21NO3S. The number of hydrogen-bond acceptors (Lipinski definition) is 5. The van der Waals surface area contributed by atoms with Gasteiger partial charge in [-0.25, -0.2) is 4.79 Å². The maximum absolute atomic E-state index is 11.0. The van der Waals surface area contributed by atoms with Gasteiger partial charge in [-0.2, -0.15) is 0 Å². The lowest BCUT2D eigenvalue weighted by Crippen LogP contribution is -2.21. The first-order chi connectivity index (χ1) is 8.76. The molecule has 102 valence electrons. The third-order valence-electron chi connectivity index (χ3n) is 2.31. The first-order valence-corrected chi connectivity index (χ1v) is 7.09. The minimum absolute atomic E-state index is 0.0362. The van der Waals surface area contributed by atoms with Gasteiger partial charge in [0, 0.05) is 22.8 Å². The Morgan fingerprint density at radius 3 is 2.78 bits per heavy atom. The van der Waals surface area contributed by atoms with Crippen LogP contribution in [0.3, 0.4) is 0 Å². The molecule has 0 fully saturated rings. The normalized spacial score (nSPS) is 10.6. The molecule has 4 nitrogen and oxygen atoms in total. The summed E-state index contributed by atoms with van der Waals surface area (Å²) in [6, 6.07) is 4.31. The Labute approximate surface area is 112 Å². The van der Waals surface area contributed by atoms with E-state index in [-0.39, 0.29) is 12.6 Å². The zero-order chi connectivity index (χ0) is 13.2. The van der Waals surface area contributed by atoms with Crippen molar-refractivity contribution in [2.75, 3.05) is 26.4 Å². The van der Waals surface area contributed by atoms with Crippen molar-refractivity contribution >= 4 is 17.3 Å². The number of nitrogens with one attached hydrogen (secondary N) is 1. The summed E-state index contributed by atoms with van der Waals surface area (Å²) in [6.45, 7) is 6.49. The molecule has 0 atom stereocenters. The quantitative estimate of drug-likeness (QED) is 0.551. The van der Waals surface area contributed by atoms with Crippen LogP contribution in [-0.2, 0) is 27.2 Å². The topological polar surface area (TPSA) is 47.6 Å². The second-order valence-corrected chi connectivity index (χ2v) is 5.01. The molecule has 1 heterocycles. The third-order valence-corrected chi connectivity index (χ3v) is 3.54. The van der Waals surface area contributed by atoms with E-state index in [1.165, 1.54) is 9.75 Å². The van der Waals surface area contributed by atoms with E-state index in [1.807, 2.05) is 11.3 Å². The van der Waals surface area contributed by atoms with Gasteiger partial charge in [0.05, 0.1) is 13.2 Å². The predicted octanol–water partition coefficient (Wildman–Crippen LogP) is 1.98. The highest BCUT2D eigenvalue weighted by atomic mass is 32.1. The number of thiophene rings is 1. The first kappa shape index (κ1) is 15.1. The maximum atomic E-state index is 11.0. The molecule has 18 heavy (non-hydrogen) atoms. The lowest BCUT2D eigenvalue weighted by atomic mass is 10.3. The van der Waals surface area contributed by atoms with Crippen molar-refractivity contribution in [1.82, 2.24) is 5.32 Å². The summed E-state index contributed by atoms with van der Waals surface area (Å²) >= 11 is 1.83. The molecule has 0 spiro atoms. The fourth-order valence-corrected chi connectivity index (χ4v) is 2.35. The fourth-order valence-electron chi connectivity index (χ4n) is 1.42. The molecule has 0 aliphatic heterocycles. The Bertz CT molecular complexity index is 352. The number of ether oxygens (including phenoxy) is 2. The van der Waals surface area contributed by atoms with Crippen LogP contribution >= 0.6 is 11.3 Å². The van der Waals surface area contributed by atoms with E-state index >= 15 is 0 Å². The minimum Gasteiger partial charge on any atom is -0.464 e. The summed E-state index contributed by atoms with van der Waals surface area (Å²) in [5, 5.41) is 3.28. The molecule has 0 amide bonds. The first-order valence-electron chi connectivity index (χ1n) is 6.28. The molecule has 0 aliphatic carbocycles. The fraction of sp³-hybridized carbons (Fsp3) is 0.615.